The van der Waals surface area contributed by atoms with E-state index in [9.17, 15) is 14.4 Å². The third-order valence-corrected chi connectivity index (χ3v) is 14.4. The molecule has 17 heteroatoms. The molecule has 2 N–H and O–H groups in total. The van der Waals surface area contributed by atoms with Gasteiger partial charge in [0.2, 0.25) is 5.91 Å². The first-order chi connectivity index (χ1) is 30.9. The number of pyridine rings is 1. The van der Waals surface area contributed by atoms with Crippen molar-refractivity contribution < 1.29 is 28.6 Å². The van der Waals surface area contributed by atoms with E-state index >= 15 is 0 Å². The van der Waals surface area contributed by atoms with Gasteiger partial charge in [-0.3, -0.25) is 24.4 Å². The van der Waals surface area contributed by atoms with Crippen LogP contribution < -0.4 is 20.4 Å². The van der Waals surface area contributed by atoms with Gasteiger partial charge in [0.1, 0.15) is 30.8 Å². The largest absolute Gasteiger partial charge is 0.489 e. The minimum Gasteiger partial charge on any atom is -0.489 e. The van der Waals surface area contributed by atoms with E-state index in [-0.39, 0.29) is 42.8 Å². The Balaban J connectivity index is 1.08. The van der Waals surface area contributed by atoms with Gasteiger partial charge in [0.05, 0.1) is 58.7 Å². The molecule has 2 amide bonds. The molecule has 5 atom stereocenters. The maximum Gasteiger partial charge on any atom is 0.324 e. The van der Waals surface area contributed by atoms with Crippen molar-refractivity contribution in [2.24, 2.45) is 11.3 Å². The van der Waals surface area contributed by atoms with Crippen molar-refractivity contribution in [1.29, 1.82) is 0 Å². The Morgan fingerprint density at radius 3 is 2.66 bits per heavy atom. The lowest BCUT2D eigenvalue weighted by molar-refractivity contribution is -0.155. The molecule has 0 radical (unpaired) electrons. The van der Waals surface area contributed by atoms with Crippen LogP contribution in [0.5, 0.6) is 5.75 Å². The number of anilines is 1. The number of benzene rings is 1. The fourth-order valence-corrected chi connectivity index (χ4v) is 10.7. The molecule has 1 saturated carbocycles. The molecule has 10 rings (SSSR count). The van der Waals surface area contributed by atoms with Crippen LogP contribution in [0.2, 0.25) is 0 Å². The first kappa shape index (κ1) is 42.5. The van der Waals surface area contributed by atoms with E-state index in [2.05, 4.69) is 74.2 Å². The normalized spacial score (nSPS) is 24.1. The molecule has 0 unspecified atom stereocenters. The lowest BCUT2D eigenvalue weighted by Gasteiger charge is -2.35. The van der Waals surface area contributed by atoms with Crippen LogP contribution >= 0.6 is 11.3 Å². The summed E-state index contributed by atoms with van der Waals surface area (Å²) < 4.78 is 21.0. The number of ether oxygens (including phenoxy) is 3. The summed E-state index contributed by atoms with van der Waals surface area (Å²) >= 11 is 1.46. The average Bonchev–Trinajstić information content (AvgIpc) is 3.89. The molecule has 0 spiro atoms. The number of thiazole rings is 1. The van der Waals surface area contributed by atoms with E-state index in [1.165, 1.54) is 22.7 Å². The van der Waals surface area contributed by atoms with Gasteiger partial charge in [-0.25, -0.2) is 20.4 Å². The van der Waals surface area contributed by atoms with Crippen LogP contribution in [0.1, 0.15) is 73.9 Å². The Morgan fingerprint density at radius 2 is 1.86 bits per heavy atom. The highest BCUT2D eigenvalue weighted by molar-refractivity contribution is 7.10. The van der Waals surface area contributed by atoms with E-state index < -0.39 is 23.5 Å². The fourth-order valence-electron chi connectivity index (χ4n) is 9.81. The summed E-state index contributed by atoms with van der Waals surface area (Å²) in [6.07, 6.45) is 9.16. The summed E-state index contributed by atoms with van der Waals surface area (Å²) in [6.45, 7) is 11.7. The Morgan fingerprint density at radius 1 is 1.05 bits per heavy atom. The smallest absolute Gasteiger partial charge is 0.324 e. The topological polar surface area (TPSA) is 169 Å². The summed E-state index contributed by atoms with van der Waals surface area (Å²) in [4.78, 5) is 65.5. The number of aromatic nitrogens is 5. The third kappa shape index (κ3) is 8.22. The van der Waals surface area contributed by atoms with Crippen LogP contribution in [0.15, 0.2) is 48.5 Å². The van der Waals surface area contributed by atoms with Gasteiger partial charge in [-0.1, -0.05) is 13.8 Å². The van der Waals surface area contributed by atoms with Crippen LogP contribution in [-0.2, 0) is 43.2 Å². The number of likely N-dealkylation sites (N-methyl/N-ethyl adjacent to an activating group) is 1. The Labute approximate surface area is 376 Å². The molecular formula is C47H56N10O6S. The van der Waals surface area contributed by atoms with Crippen LogP contribution in [0.3, 0.4) is 0 Å². The number of amides is 2. The van der Waals surface area contributed by atoms with Gasteiger partial charge in [0.15, 0.2) is 0 Å². The zero-order valence-corrected chi connectivity index (χ0v) is 37.9. The molecule has 8 heterocycles. The van der Waals surface area contributed by atoms with E-state index in [0.29, 0.717) is 50.4 Å². The number of nitrogens with one attached hydrogen (secondary N) is 2. The van der Waals surface area contributed by atoms with Gasteiger partial charge in [0.25, 0.3) is 5.91 Å². The summed E-state index contributed by atoms with van der Waals surface area (Å²) in [7, 11) is 3.88. The number of nitrogens with zero attached hydrogens (tertiary/aromatic N) is 8. The predicted octanol–water partition coefficient (Wildman–Crippen LogP) is 4.92. The summed E-state index contributed by atoms with van der Waals surface area (Å²) in [6, 6.07) is 4.91. The van der Waals surface area contributed by atoms with E-state index in [0.717, 1.165) is 87.9 Å². The lowest BCUT2D eigenvalue weighted by Crippen LogP contribution is -2.60. The van der Waals surface area contributed by atoms with Gasteiger partial charge in [0, 0.05) is 91.9 Å². The van der Waals surface area contributed by atoms with Gasteiger partial charge in [-0.2, -0.15) is 0 Å². The molecule has 2 saturated heterocycles. The minimum atomic E-state index is -0.922. The molecule has 1 aromatic carbocycles. The lowest BCUT2D eigenvalue weighted by atomic mass is 9.84. The van der Waals surface area contributed by atoms with Crippen LogP contribution in [0.25, 0.3) is 33.4 Å². The van der Waals surface area contributed by atoms with Gasteiger partial charge < -0.3 is 33.9 Å². The van der Waals surface area contributed by atoms with Crippen molar-refractivity contribution >= 4 is 45.7 Å². The number of carbonyl (C=O) groups excluding carboxylic acids is 3. The molecule has 5 aromatic rings. The monoisotopic (exact) mass is 888 g/mol. The molecule has 64 heavy (non-hydrogen) atoms. The minimum absolute atomic E-state index is 0.0101. The Kier molecular flexibility index (Phi) is 11.4. The van der Waals surface area contributed by atoms with Gasteiger partial charge in [-0.15, -0.1) is 11.3 Å². The number of cyclic esters (lactones) is 1. The number of piperazine rings is 1. The number of hydrogen-bond acceptors (Lipinski definition) is 14. The summed E-state index contributed by atoms with van der Waals surface area (Å²) in [5.74, 6) is -0.490. The molecule has 6 bridgehead atoms. The van der Waals surface area contributed by atoms with Crippen LogP contribution in [0.4, 0.5) is 5.69 Å². The number of carbonyl (C=O) groups is 3. The zero-order chi connectivity index (χ0) is 44.3. The van der Waals surface area contributed by atoms with E-state index in [1.807, 2.05) is 18.5 Å². The van der Waals surface area contributed by atoms with E-state index in [4.69, 9.17) is 24.2 Å². The molecular weight excluding hydrogens is 833 g/mol. The van der Waals surface area contributed by atoms with Crippen LogP contribution in [-0.4, -0.2) is 124 Å². The number of rotatable bonds is 7. The van der Waals surface area contributed by atoms with Crippen molar-refractivity contribution in [1.82, 2.24) is 45.2 Å². The molecule has 4 aliphatic heterocycles. The summed E-state index contributed by atoms with van der Waals surface area (Å²) in [5.41, 5.74) is 11.3. The second-order valence-electron chi connectivity index (χ2n) is 18.8. The molecule has 3 fully saturated rings. The highest BCUT2D eigenvalue weighted by Crippen LogP contribution is 2.48. The van der Waals surface area contributed by atoms with Gasteiger partial charge >= 0.3 is 5.97 Å². The first-order valence-electron chi connectivity index (χ1n) is 22.5. The standard InChI is InChI=1S/C47H56N10O6S/c1-27(61-5)41-34(17-30(23-50-41)55-11-9-54(4)10-12-55)42-35-20-47(2,3)25-63-46(60)36-7-6-8-57(53-36)45(59)37(52-44(58)33-18-31(33)29-21-48-26-49-22-29)19-40-51-38(24-64-40)28-15-32(35)43-39(16-28)62-14-13-56(42)43/h15-17,21-24,26-27,31,33,36-37,53H,6-14,18-20,25H2,1-5H3,(H,52,58)/t27-,31+,33-,36-,37-/m0/s1. The zero-order valence-electron chi connectivity index (χ0n) is 37.1. The molecule has 1 aliphatic carbocycles. The second-order valence-corrected chi connectivity index (χ2v) is 19.7. The van der Waals surface area contributed by atoms with Crippen molar-refractivity contribution in [3.05, 3.63) is 70.3 Å². The summed E-state index contributed by atoms with van der Waals surface area (Å²) in [5, 5.41) is 8.32. The second kappa shape index (κ2) is 17.1. The Bertz CT molecular complexity index is 2590. The quantitative estimate of drug-likeness (QED) is 0.212. The highest BCUT2D eigenvalue weighted by Gasteiger charge is 2.46. The van der Waals surface area contributed by atoms with Gasteiger partial charge in [-0.05, 0) is 74.9 Å². The van der Waals surface area contributed by atoms with Crippen molar-refractivity contribution in [2.45, 2.75) is 83.5 Å². The van der Waals surface area contributed by atoms with Crippen molar-refractivity contribution in [3.8, 4) is 28.3 Å². The Hall–Kier alpha value is -5.49. The predicted molar refractivity (Wildman–Crippen MR) is 242 cm³/mol. The van der Waals surface area contributed by atoms with Crippen molar-refractivity contribution in [2.75, 3.05) is 65.0 Å². The maximum atomic E-state index is 14.4. The molecule has 336 valence electrons. The fraction of sp³-hybridized carbons (Fsp3) is 0.511. The maximum absolute atomic E-state index is 14.4. The number of methoxy groups -OCH3 is 1. The first-order valence-corrected chi connectivity index (χ1v) is 23.4. The number of esters is 1. The number of hydrazine groups is 1. The number of hydrogen-bond donors (Lipinski definition) is 2. The SMILES string of the molecule is CO[C@@H](C)c1ncc(N2CCN(C)CC2)cc1-c1c2c3cc(cc4c3n1CCO4)-c1csc(n1)C[C@H](NC(=O)[C@H]1C[C@@H]1c1cncnc1)C(=O)N1CCC[C@H](N1)C(=O)OCC(C)(C)C2. The van der Waals surface area contributed by atoms with Crippen LogP contribution in [0, 0.1) is 11.3 Å². The van der Waals surface area contributed by atoms with E-state index in [1.54, 1.807) is 19.5 Å². The molecule has 4 aromatic heterocycles. The average molecular weight is 889 g/mol. The highest BCUT2D eigenvalue weighted by atomic mass is 32.1. The third-order valence-electron chi connectivity index (χ3n) is 13.5. The van der Waals surface area contributed by atoms with Crippen molar-refractivity contribution in [3.63, 3.8) is 0 Å². The molecule has 5 aliphatic rings. The number of fused-ring (bicyclic) bond motifs is 6. The molecule has 16 nitrogen and oxygen atoms in total.